The molecule has 0 amide bonds. The molecule has 0 saturated carbocycles. The third kappa shape index (κ3) is 1.73. The van der Waals surface area contributed by atoms with Gasteiger partial charge in [0.05, 0.1) is 23.5 Å². The number of nitrogens with zero attached hydrogens (tertiary/aromatic N) is 3. The van der Waals surface area contributed by atoms with E-state index in [4.69, 9.17) is 11.6 Å². The predicted molar refractivity (Wildman–Crippen MR) is 61.0 cm³/mol. The van der Waals surface area contributed by atoms with Gasteiger partial charge in [0.2, 0.25) is 0 Å². The Morgan fingerprint density at radius 2 is 1.84 bits per heavy atom. The Bertz CT molecular complexity index is 625. The monoisotopic (exact) mass is 294 g/mol. The molecule has 2 aromatic rings. The van der Waals surface area contributed by atoms with Crippen molar-refractivity contribution in [1.29, 1.82) is 0 Å². The van der Waals surface area contributed by atoms with Gasteiger partial charge in [-0.3, -0.25) is 5.10 Å². The topological polar surface area (TPSA) is 44.8 Å². The molecular formula is C10H7ClF4N4. The lowest BCUT2D eigenvalue weighted by Crippen LogP contribution is -2.38. The number of anilines is 1. The largest absolute Gasteiger partial charge is 0.342 e. The minimum Gasteiger partial charge on any atom is -0.342 e. The van der Waals surface area contributed by atoms with Crippen LogP contribution in [0.1, 0.15) is 0 Å². The Kier molecular flexibility index (Phi) is 2.44. The number of halogens is 5. The predicted octanol–water partition coefficient (Wildman–Crippen LogP) is 2.70. The van der Waals surface area contributed by atoms with E-state index >= 15 is 0 Å². The highest BCUT2D eigenvalue weighted by molar-refractivity contribution is 6.36. The van der Waals surface area contributed by atoms with Gasteiger partial charge in [0.1, 0.15) is 0 Å². The Morgan fingerprint density at radius 1 is 1.21 bits per heavy atom. The minimum absolute atomic E-state index is 0.0371. The molecule has 0 atom stereocenters. The summed E-state index contributed by atoms with van der Waals surface area (Å²) < 4.78 is 52.7. The van der Waals surface area contributed by atoms with Crippen molar-refractivity contribution >= 4 is 28.5 Å². The van der Waals surface area contributed by atoms with Gasteiger partial charge >= 0.3 is 11.8 Å². The summed E-state index contributed by atoms with van der Waals surface area (Å²) in [6, 6.07) is 1.44. The molecule has 102 valence electrons. The standard InChI is InChI=1S/C10H7ClF4N4/c11-5-1-2-16-7-6(5)8(18-17-7)19-3-9(12,13)10(14,15)4-19/h1-2H,3-4H2,(H,16,17,18). The van der Waals surface area contributed by atoms with Crippen molar-refractivity contribution in [3.63, 3.8) is 0 Å². The van der Waals surface area contributed by atoms with Crippen LogP contribution in [0.5, 0.6) is 0 Å². The zero-order chi connectivity index (χ0) is 13.8. The number of hydrogen-bond acceptors (Lipinski definition) is 3. The van der Waals surface area contributed by atoms with E-state index in [1.54, 1.807) is 0 Å². The lowest BCUT2D eigenvalue weighted by Gasteiger charge is -2.14. The molecule has 1 aliphatic heterocycles. The normalized spacial score (nSPS) is 21.2. The molecule has 1 N–H and O–H groups in total. The van der Waals surface area contributed by atoms with Gasteiger partial charge in [0.25, 0.3) is 0 Å². The summed E-state index contributed by atoms with van der Waals surface area (Å²) in [7, 11) is 0. The first-order valence-corrected chi connectivity index (χ1v) is 5.69. The van der Waals surface area contributed by atoms with E-state index in [1.165, 1.54) is 12.3 Å². The molecule has 2 aromatic heterocycles. The second-order valence-electron chi connectivity index (χ2n) is 4.33. The fraction of sp³-hybridized carbons (Fsp3) is 0.400. The number of H-pyrrole nitrogens is 1. The molecule has 3 heterocycles. The van der Waals surface area contributed by atoms with Gasteiger partial charge in [-0.25, -0.2) is 4.98 Å². The maximum absolute atomic E-state index is 13.2. The highest BCUT2D eigenvalue weighted by Gasteiger charge is 2.63. The molecule has 1 aliphatic rings. The average Bonchev–Trinajstić information content (AvgIpc) is 2.80. The lowest BCUT2D eigenvalue weighted by molar-refractivity contribution is -0.172. The van der Waals surface area contributed by atoms with Crippen LogP contribution in [0.3, 0.4) is 0 Å². The van der Waals surface area contributed by atoms with Crippen molar-refractivity contribution in [2.75, 3.05) is 18.0 Å². The number of hydrogen-bond donors (Lipinski definition) is 1. The molecule has 19 heavy (non-hydrogen) atoms. The van der Waals surface area contributed by atoms with Crippen LogP contribution in [0.4, 0.5) is 23.4 Å². The number of fused-ring (bicyclic) bond motifs is 1. The summed E-state index contributed by atoms with van der Waals surface area (Å²) in [5.74, 6) is -8.22. The molecule has 1 fully saturated rings. The first kappa shape index (κ1) is 12.5. The smallest absolute Gasteiger partial charge is 0.329 e. The van der Waals surface area contributed by atoms with Crippen LogP contribution in [0.25, 0.3) is 11.0 Å². The number of pyridine rings is 1. The van der Waals surface area contributed by atoms with Gasteiger partial charge in [-0.2, -0.15) is 22.7 Å². The van der Waals surface area contributed by atoms with Gasteiger partial charge in [0.15, 0.2) is 11.5 Å². The zero-order valence-corrected chi connectivity index (χ0v) is 10.1. The summed E-state index contributed by atoms with van der Waals surface area (Å²) >= 11 is 5.92. The van der Waals surface area contributed by atoms with Crippen molar-refractivity contribution < 1.29 is 17.6 Å². The maximum Gasteiger partial charge on any atom is 0.329 e. The zero-order valence-electron chi connectivity index (χ0n) is 9.30. The molecule has 0 aromatic carbocycles. The third-order valence-electron chi connectivity index (χ3n) is 3.00. The van der Waals surface area contributed by atoms with E-state index in [0.717, 1.165) is 4.90 Å². The third-order valence-corrected chi connectivity index (χ3v) is 3.32. The van der Waals surface area contributed by atoms with Gasteiger partial charge in [-0.15, -0.1) is 0 Å². The van der Waals surface area contributed by atoms with Gasteiger partial charge < -0.3 is 4.90 Å². The van der Waals surface area contributed by atoms with Crippen molar-refractivity contribution in [3.05, 3.63) is 17.3 Å². The van der Waals surface area contributed by atoms with Crippen LogP contribution in [-0.4, -0.2) is 40.1 Å². The van der Waals surface area contributed by atoms with Crippen molar-refractivity contribution in [3.8, 4) is 0 Å². The molecule has 0 radical (unpaired) electrons. The van der Waals surface area contributed by atoms with Crippen molar-refractivity contribution in [1.82, 2.24) is 15.2 Å². The van der Waals surface area contributed by atoms with E-state index in [0.29, 0.717) is 0 Å². The molecule has 9 heteroatoms. The Balaban J connectivity index is 2.08. The highest BCUT2D eigenvalue weighted by Crippen LogP contribution is 2.43. The number of aromatic nitrogens is 3. The van der Waals surface area contributed by atoms with E-state index in [-0.39, 0.29) is 21.9 Å². The van der Waals surface area contributed by atoms with Crippen molar-refractivity contribution in [2.45, 2.75) is 11.8 Å². The highest BCUT2D eigenvalue weighted by atomic mass is 35.5. The van der Waals surface area contributed by atoms with E-state index < -0.39 is 24.9 Å². The number of rotatable bonds is 1. The molecule has 1 saturated heterocycles. The van der Waals surface area contributed by atoms with Crippen LogP contribution < -0.4 is 4.90 Å². The summed E-state index contributed by atoms with van der Waals surface area (Å²) in [6.45, 7) is -2.21. The van der Waals surface area contributed by atoms with Crippen LogP contribution >= 0.6 is 11.6 Å². The summed E-state index contributed by atoms with van der Waals surface area (Å²) in [5.41, 5.74) is 0.265. The van der Waals surface area contributed by atoms with E-state index in [2.05, 4.69) is 15.2 Å². The van der Waals surface area contributed by atoms with Crippen LogP contribution in [-0.2, 0) is 0 Å². The summed E-state index contributed by atoms with van der Waals surface area (Å²) in [6.07, 6.45) is 1.40. The Hall–Kier alpha value is -1.57. The van der Waals surface area contributed by atoms with Gasteiger partial charge in [-0.05, 0) is 6.07 Å². The minimum atomic E-state index is -4.09. The molecule has 0 spiro atoms. The summed E-state index contributed by atoms with van der Waals surface area (Å²) in [5, 5.41) is 6.72. The SMILES string of the molecule is FC1(F)CN(c2n[nH]c3nccc(Cl)c23)CC1(F)F. The van der Waals surface area contributed by atoms with Crippen LogP contribution in [0.2, 0.25) is 5.02 Å². The number of alkyl halides is 4. The summed E-state index contributed by atoms with van der Waals surface area (Å²) in [4.78, 5) is 4.71. The second kappa shape index (κ2) is 3.72. The lowest BCUT2D eigenvalue weighted by atomic mass is 10.2. The van der Waals surface area contributed by atoms with Crippen molar-refractivity contribution in [2.24, 2.45) is 0 Å². The van der Waals surface area contributed by atoms with E-state index in [1.807, 2.05) is 0 Å². The molecular weight excluding hydrogens is 288 g/mol. The average molecular weight is 295 g/mol. The molecule has 0 aliphatic carbocycles. The molecule has 4 nitrogen and oxygen atoms in total. The second-order valence-corrected chi connectivity index (χ2v) is 4.74. The fourth-order valence-corrected chi connectivity index (χ4v) is 2.27. The first-order chi connectivity index (χ1) is 8.82. The number of nitrogens with one attached hydrogen (secondary N) is 1. The van der Waals surface area contributed by atoms with Crippen LogP contribution in [0.15, 0.2) is 12.3 Å². The fourth-order valence-electron chi connectivity index (χ4n) is 2.04. The molecule has 3 rings (SSSR count). The molecule has 0 bridgehead atoms. The molecule has 0 unspecified atom stereocenters. The first-order valence-electron chi connectivity index (χ1n) is 5.31. The Morgan fingerprint density at radius 3 is 2.47 bits per heavy atom. The van der Waals surface area contributed by atoms with E-state index in [9.17, 15) is 17.6 Å². The quantitative estimate of drug-likeness (QED) is 0.823. The van der Waals surface area contributed by atoms with Gasteiger partial charge in [0, 0.05) is 6.20 Å². The Labute approximate surface area is 109 Å². The van der Waals surface area contributed by atoms with Crippen LogP contribution in [0, 0.1) is 0 Å². The number of aromatic amines is 1. The maximum atomic E-state index is 13.2. The van der Waals surface area contributed by atoms with Gasteiger partial charge in [-0.1, -0.05) is 11.6 Å².